The molecule has 1 aromatic carbocycles. The fourth-order valence-corrected chi connectivity index (χ4v) is 1.23. The summed E-state index contributed by atoms with van der Waals surface area (Å²) in [4.78, 5) is 0. The van der Waals surface area contributed by atoms with E-state index in [-0.39, 0.29) is 0 Å². The maximum absolute atomic E-state index is 2.14. The van der Waals surface area contributed by atoms with Gasteiger partial charge in [0.25, 0.3) is 0 Å². The van der Waals surface area contributed by atoms with E-state index in [0.29, 0.717) is 0 Å². The first kappa shape index (κ1) is 11.5. The quantitative estimate of drug-likeness (QED) is 0.622. The zero-order valence-electron chi connectivity index (χ0n) is 9.70. The van der Waals surface area contributed by atoms with Gasteiger partial charge in [-0.15, -0.1) is 0 Å². The molecule has 0 aromatic heterocycles. The van der Waals surface area contributed by atoms with Crippen molar-refractivity contribution in [2.45, 2.75) is 20.8 Å². The van der Waals surface area contributed by atoms with Gasteiger partial charge in [-0.2, -0.15) is 0 Å². The number of hydrogen-bond acceptors (Lipinski definition) is 0. The van der Waals surface area contributed by atoms with Gasteiger partial charge in [0.1, 0.15) is 0 Å². The minimum atomic E-state index is 1.24. The molecule has 0 aliphatic heterocycles. The molecule has 0 nitrogen and oxygen atoms in total. The van der Waals surface area contributed by atoms with Gasteiger partial charge < -0.3 is 0 Å². The van der Waals surface area contributed by atoms with Crippen molar-refractivity contribution in [1.82, 2.24) is 0 Å². The minimum Gasteiger partial charge on any atom is -0.0845 e. The molecule has 0 heteroatoms. The molecular weight excluding hydrogens is 180 g/mol. The van der Waals surface area contributed by atoms with Crippen LogP contribution in [0.5, 0.6) is 0 Å². The van der Waals surface area contributed by atoms with Crippen LogP contribution in [0, 0.1) is 0 Å². The van der Waals surface area contributed by atoms with Crippen molar-refractivity contribution < 1.29 is 0 Å². The Morgan fingerprint density at radius 3 is 2.27 bits per heavy atom. The predicted octanol–water partition coefficient (Wildman–Crippen LogP) is 4.61. The molecular formula is C15H18. The van der Waals surface area contributed by atoms with Crippen LogP contribution in [0.2, 0.25) is 0 Å². The van der Waals surface area contributed by atoms with E-state index in [1.807, 2.05) is 18.2 Å². The molecule has 0 aliphatic carbocycles. The normalized spacial score (nSPS) is 13.5. The highest BCUT2D eigenvalue weighted by Gasteiger charge is 1.87. The Bertz CT molecular complexity index is 378. The van der Waals surface area contributed by atoms with Gasteiger partial charge in [0.2, 0.25) is 0 Å². The van der Waals surface area contributed by atoms with Gasteiger partial charge >= 0.3 is 0 Å². The summed E-state index contributed by atoms with van der Waals surface area (Å²) in [5.41, 5.74) is 3.87. The molecule has 0 spiro atoms. The van der Waals surface area contributed by atoms with E-state index in [9.17, 15) is 0 Å². The fraction of sp³-hybridized carbons (Fsp3) is 0.200. The van der Waals surface area contributed by atoms with E-state index >= 15 is 0 Å². The largest absolute Gasteiger partial charge is 0.0845 e. The fourth-order valence-electron chi connectivity index (χ4n) is 1.23. The second-order valence-electron chi connectivity index (χ2n) is 3.59. The van der Waals surface area contributed by atoms with Crippen LogP contribution < -0.4 is 0 Å². The molecule has 0 atom stereocenters. The van der Waals surface area contributed by atoms with Gasteiger partial charge in [0.05, 0.1) is 0 Å². The SMILES string of the molecule is C\C=C(C)/C(C)=C\C=C\c1ccccc1. The highest BCUT2D eigenvalue weighted by Crippen LogP contribution is 2.08. The van der Waals surface area contributed by atoms with Gasteiger partial charge in [-0.1, -0.05) is 60.2 Å². The second-order valence-corrected chi connectivity index (χ2v) is 3.59. The van der Waals surface area contributed by atoms with Crippen LogP contribution in [0.25, 0.3) is 6.08 Å². The molecule has 0 aliphatic rings. The topological polar surface area (TPSA) is 0 Å². The summed E-state index contributed by atoms with van der Waals surface area (Å²) >= 11 is 0. The molecule has 0 N–H and O–H groups in total. The van der Waals surface area contributed by atoms with Crippen LogP contribution in [-0.2, 0) is 0 Å². The zero-order chi connectivity index (χ0) is 11.1. The van der Waals surface area contributed by atoms with Gasteiger partial charge in [-0.3, -0.25) is 0 Å². The number of hydrogen-bond donors (Lipinski definition) is 0. The van der Waals surface area contributed by atoms with Crippen molar-refractivity contribution in [3.8, 4) is 0 Å². The van der Waals surface area contributed by atoms with Crippen molar-refractivity contribution in [2.75, 3.05) is 0 Å². The van der Waals surface area contributed by atoms with Crippen molar-refractivity contribution in [3.05, 3.63) is 65.3 Å². The third kappa shape index (κ3) is 3.99. The van der Waals surface area contributed by atoms with Crippen LogP contribution >= 0.6 is 0 Å². The third-order valence-electron chi connectivity index (χ3n) is 2.49. The lowest BCUT2D eigenvalue weighted by atomic mass is 10.1. The molecule has 78 valence electrons. The molecule has 0 amide bonds. The number of rotatable bonds is 3. The van der Waals surface area contributed by atoms with Crippen LogP contribution in [0.1, 0.15) is 26.3 Å². The van der Waals surface area contributed by atoms with Crippen molar-refractivity contribution in [2.24, 2.45) is 0 Å². The molecule has 0 radical (unpaired) electrons. The van der Waals surface area contributed by atoms with Crippen LogP contribution in [0.3, 0.4) is 0 Å². The first-order chi connectivity index (χ1) is 7.24. The third-order valence-corrected chi connectivity index (χ3v) is 2.49. The lowest BCUT2D eigenvalue weighted by Gasteiger charge is -1.97. The maximum Gasteiger partial charge on any atom is -0.0257 e. The molecule has 0 heterocycles. The smallest absolute Gasteiger partial charge is 0.0257 e. The predicted molar refractivity (Wildman–Crippen MR) is 68.7 cm³/mol. The Morgan fingerprint density at radius 1 is 1.00 bits per heavy atom. The highest BCUT2D eigenvalue weighted by atomic mass is 13.9. The average molecular weight is 198 g/mol. The molecule has 0 saturated carbocycles. The highest BCUT2D eigenvalue weighted by molar-refractivity contribution is 5.51. The van der Waals surface area contributed by atoms with Gasteiger partial charge in [0.15, 0.2) is 0 Å². The maximum atomic E-state index is 2.14. The Kier molecular flexibility index (Phi) is 4.62. The molecule has 0 saturated heterocycles. The second kappa shape index (κ2) is 6.02. The van der Waals surface area contributed by atoms with E-state index in [2.05, 4.69) is 57.2 Å². The van der Waals surface area contributed by atoms with Crippen molar-refractivity contribution in [1.29, 1.82) is 0 Å². The summed E-state index contributed by atoms with van der Waals surface area (Å²) in [5, 5.41) is 0. The summed E-state index contributed by atoms with van der Waals surface area (Å²) in [6.45, 7) is 6.32. The summed E-state index contributed by atoms with van der Waals surface area (Å²) in [7, 11) is 0. The minimum absolute atomic E-state index is 1.24. The lowest BCUT2D eigenvalue weighted by Crippen LogP contribution is -1.76. The van der Waals surface area contributed by atoms with Crippen LogP contribution in [-0.4, -0.2) is 0 Å². The Hall–Kier alpha value is -1.56. The lowest BCUT2D eigenvalue weighted by molar-refractivity contribution is 1.33. The Labute approximate surface area is 92.6 Å². The molecule has 1 aromatic rings. The molecule has 0 fully saturated rings. The Balaban J connectivity index is 2.68. The van der Waals surface area contributed by atoms with E-state index in [4.69, 9.17) is 0 Å². The summed E-state index contributed by atoms with van der Waals surface area (Å²) in [6.07, 6.45) is 8.48. The zero-order valence-corrected chi connectivity index (χ0v) is 9.70. The van der Waals surface area contributed by atoms with E-state index < -0.39 is 0 Å². The molecule has 0 unspecified atom stereocenters. The molecule has 0 bridgehead atoms. The molecule has 15 heavy (non-hydrogen) atoms. The van der Waals surface area contributed by atoms with E-state index in [0.717, 1.165) is 0 Å². The van der Waals surface area contributed by atoms with E-state index in [1.165, 1.54) is 16.7 Å². The van der Waals surface area contributed by atoms with Crippen LogP contribution in [0.4, 0.5) is 0 Å². The average Bonchev–Trinajstić information content (AvgIpc) is 2.29. The van der Waals surface area contributed by atoms with Crippen molar-refractivity contribution in [3.63, 3.8) is 0 Å². The summed E-state index contributed by atoms with van der Waals surface area (Å²) < 4.78 is 0. The summed E-state index contributed by atoms with van der Waals surface area (Å²) in [5.74, 6) is 0. The first-order valence-electron chi connectivity index (χ1n) is 5.27. The van der Waals surface area contributed by atoms with Gasteiger partial charge in [-0.05, 0) is 31.9 Å². The number of allylic oxidation sites excluding steroid dienone is 5. The number of benzene rings is 1. The van der Waals surface area contributed by atoms with E-state index in [1.54, 1.807) is 0 Å². The molecule has 1 rings (SSSR count). The van der Waals surface area contributed by atoms with Gasteiger partial charge in [0, 0.05) is 0 Å². The van der Waals surface area contributed by atoms with Gasteiger partial charge in [-0.25, -0.2) is 0 Å². The standard InChI is InChI=1S/C15H18/c1-4-13(2)14(3)9-8-12-15-10-6-5-7-11-15/h4-12H,1-3H3/b12-8+,13-4-,14-9-. The van der Waals surface area contributed by atoms with Crippen LogP contribution in [0.15, 0.2) is 59.7 Å². The Morgan fingerprint density at radius 2 is 1.67 bits per heavy atom. The van der Waals surface area contributed by atoms with Crippen molar-refractivity contribution >= 4 is 6.08 Å². The summed E-state index contributed by atoms with van der Waals surface area (Å²) in [6, 6.07) is 10.3. The first-order valence-corrected chi connectivity index (χ1v) is 5.27. The monoisotopic (exact) mass is 198 g/mol.